The van der Waals surface area contributed by atoms with E-state index in [9.17, 15) is 4.79 Å². The molecule has 5 nitrogen and oxygen atoms in total. The van der Waals surface area contributed by atoms with Crippen molar-refractivity contribution in [2.24, 2.45) is 0 Å². The van der Waals surface area contributed by atoms with Crippen molar-refractivity contribution in [3.05, 3.63) is 54.6 Å². The Labute approximate surface area is 134 Å². The van der Waals surface area contributed by atoms with Crippen molar-refractivity contribution in [1.82, 2.24) is 10.2 Å². The van der Waals surface area contributed by atoms with Gasteiger partial charge in [-0.3, -0.25) is 9.89 Å². The number of methoxy groups -OCH3 is 1. The number of carbonyl (C=O) groups excluding carboxylic acids is 1. The van der Waals surface area contributed by atoms with Crippen molar-refractivity contribution >= 4 is 11.6 Å². The zero-order valence-corrected chi connectivity index (χ0v) is 13.0. The van der Waals surface area contributed by atoms with Gasteiger partial charge in [-0.15, -0.1) is 0 Å². The van der Waals surface area contributed by atoms with Crippen molar-refractivity contribution in [1.29, 1.82) is 0 Å². The second-order valence-electron chi connectivity index (χ2n) is 5.13. The van der Waals surface area contributed by atoms with E-state index < -0.39 is 0 Å². The Morgan fingerprint density at radius 2 is 1.96 bits per heavy atom. The number of nitrogens with one attached hydrogen (secondary N) is 2. The standard InChI is InChI=1S/C18H17N3O2/c1-12(22)19-14-7-5-6-13(10-14)16-11-17(21-20-16)15-8-3-4-9-18(15)23-2/h3-11H,1-2H3,(H,19,22)(H,20,21). The molecular formula is C18H17N3O2. The van der Waals surface area contributed by atoms with Crippen LogP contribution in [0.25, 0.3) is 22.5 Å². The average molecular weight is 307 g/mol. The zero-order valence-electron chi connectivity index (χ0n) is 13.0. The molecule has 0 aliphatic heterocycles. The van der Waals surface area contributed by atoms with Crippen molar-refractivity contribution in [3.8, 4) is 28.3 Å². The number of aromatic nitrogens is 2. The van der Waals surface area contributed by atoms with Gasteiger partial charge in [-0.2, -0.15) is 5.10 Å². The molecule has 0 saturated heterocycles. The minimum atomic E-state index is -0.0983. The monoisotopic (exact) mass is 307 g/mol. The van der Waals surface area contributed by atoms with Crippen LogP contribution in [0.4, 0.5) is 5.69 Å². The van der Waals surface area contributed by atoms with E-state index in [-0.39, 0.29) is 5.91 Å². The Morgan fingerprint density at radius 1 is 1.13 bits per heavy atom. The Balaban J connectivity index is 1.94. The number of para-hydroxylation sites is 1. The molecule has 0 aliphatic rings. The third kappa shape index (κ3) is 3.23. The molecule has 0 bridgehead atoms. The number of anilines is 1. The lowest BCUT2D eigenvalue weighted by atomic mass is 10.1. The maximum atomic E-state index is 11.2. The number of hydrogen-bond acceptors (Lipinski definition) is 3. The fourth-order valence-corrected chi connectivity index (χ4v) is 2.43. The van der Waals surface area contributed by atoms with Gasteiger partial charge < -0.3 is 10.1 Å². The van der Waals surface area contributed by atoms with Crippen LogP contribution >= 0.6 is 0 Å². The number of benzene rings is 2. The molecule has 1 amide bonds. The molecule has 3 aromatic rings. The van der Waals surface area contributed by atoms with Crippen LogP contribution in [-0.4, -0.2) is 23.2 Å². The van der Waals surface area contributed by atoms with Gasteiger partial charge in [-0.1, -0.05) is 24.3 Å². The van der Waals surface area contributed by atoms with Crippen LogP contribution in [0, 0.1) is 0 Å². The lowest BCUT2D eigenvalue weighted by Crippen LogP contribution is -2.05. The van der Waals surface area contributed by atoms with Gasteiger partial charge in [-0.25, -0.2) is 0 Å². The van der Waals surface area contributed by atoms with Crippen molar-refractivity contribution in [3.63, 3.8) is 0 Å². The predicted molar refractivity (Wildman–Crippen MR) is 90.3 cm³/mol. The molecule has 0 saturated carbocycles. The fourth-order valence-electron chi connectivity index (χ4n) is 2.43. The highest BCUT2D eigenvalue weighted by atomic mass is 16.5. The largest absolute Gasteiger partial charge is 0.496 e. The van der Waals surface area contributed by atoms with Gasteiger partial charge >= 0.3 is 0 Å². The van der Waals surface area contributed by atoms with Gasteiger partial charge in [0.25, 0.3) is 0 Å². The quantitative estimate of drug-likeness (QED) is 0.772. The van der Waals surface area contributed by atoms with Crippen molar-refractivity contribution in [2.75, 3.05) is 12.4 Å². The van der Waals surface area contributed by atoms with Crippen LogP contribution in [0.1, 0.15) is 6.92 Å². The molecule has 0 atom stereocenters. The molecule has 0 spiro atoms. The number of amides is 1. The Hall–Kier alpha value is -3.08. The highest BCUT2D eigenvalue weighted by molar-refractivity contribution is 5.89. The first-order chi connectivity index (χ1) is 11.2. The summed E-state index contributed by atoms with van der Waals surface area (Å²) in [4.78, 5) is 11.2. The first kappa shape index (κ1) is 14.8. The lowest BCUT2D eigenvalue weighted by molar-refractivity contribution is -0.114. The summed E-state index contributed by atoms with van der Waals surface area (Å²) in [5.41, 5.74) is 4.30. The van der Waals surface area contributed by atoms with E-state index in [1.165, 1.54) is 6.92 Å². The van der Waals surface area contributed by atoms with E-state index in [1.807, 2.05) is 54.6 Å². The van der Waals surface area contributed by atoms with Gasteiger partial charge in [0.15, 0.2) is 0 Å². The SMILES string of the molecule is COc1ccccc1-c1cc(-c2cccc(NC(C)=O)c2)n[nH]1. The summed E-state index contributed by atoms with van der Waals surface area (Å²) in [6.07, 6.45) is 0. The van der Waals surface area contributed by atoms with Gasteiger partial charge in [0.05, 0.1) is 18.5 Å². The molecule has 116 valence electrons. The van der Waals surface area contributed by atoms with Gasteiger partial charge in [0.1, 0.15) is 5.75 Å². The topological polar surface area (TPSA) is 67.0 Å². The molecule has 0 aliphatic carbocycles. The van der Waals surface area contributed by atoms with Crippen molar-refractivity contribution < 1.29 is 9.53 Å². The van der Waals surface area contributed by atoms with E-state index in [0.29, 0.717) is 0 Å². The van der Waals surface area contributed by atoms with E-state index in [2.05, 4.69) is 15.5 Å². The van der Waals surface area contributed by atoms with E-state index in [0.717, 1.165) is 34.0 Å². The number of hydrogen-bond donors (Lipinski definition) is 2. The molecule has 0 radical (unpaired) electrons. The van der Waals surface area contributed by atoms with E-state index in [4.69, 9.17) is 4.74 Å². The van der Waals surface area contributed by atoms with Crippen molar-refractivity contribution in [2.45, 2.75) is 6.92 Å². The summed E-state index contributed by atoms with van der Waals surface area (Å²) < 4.78 is 5.38. The summed E-state index contributed by atoms with van der Waals surface area (Å²) in [6, 6.07) is 17.3. The Morgan fingerprint density at radius 3 is 2.74 bits per heavy atom. The number of H-pyrrole nitrogens is 1. The average Bonchev–Trinajstić information content (AvgIpc) is 3.04. The molecule has 2 N–H and O–H groups in total. The summed E-state index contributed by atoms with van der Waals surface area (Å²) in [5.74, 6) is 0.689. The summed E-state index contributed by atoms with van der Waals surface area (Å²) in [7, 11) is 1.65. The molecule has 3 rings (SSSR count). The number of ether oxygens (including phenoxy) is 1. The first-order valence-corrected chi connectivity index (χ1v) is 7.24. The maximum absolute atomic E-state index is 11.2. The second kappa shape index (κ2) is 6.36. The molecule has 1 heterocycles. The highest BCUT2D eigenvalue weighted by Gasteiger charge is 2.10. The predicted octanol–water partition coefficient (Wildman–Crippen LogP) is 3.71. The molecule has 2 aromatic carbocycles. The Bertz CT molecular complexity index is 840. The van der Waals surface area contributed by atoms with Crippen LogP contribution in [0.2, 0.25) is 0 Å². The number of aromatic amines is 1. The van der Waals surface area contributed by atoms with Crippen LogP contribution in [-0.2, 0) is 4.79 Å². The van der Waals surface area contributed by atoms with Crippen LogP contribution < -0.4 is 10.1 Å². The van der Waals surface area contributed by atoms with Gasteiger partial charge in [0.2, 0.25) is 5.91 Å². The fraction of sp³-hybridized carbons (Fsp3) is 0.111. The first-order valence-electron chi connectivity index (χ1n) is 7.24. The Kier molecular flexibility index (Phi) is 4.10. The van der Waals surface area contributed by atoms with Gasteiger partial charge in [-0.05, 0) is 30.3 Å². The second-order valence-corrected chi connectivity index (χ2v) is 5.13. The van der Waals surface area contributed by atoms with Crippen LogP contribution in [0.3, 0.4) is 0 Å². The molecule has 1 aromatic heterocycles. The molecule has 0 fully saturated rings. The summed E-state index contributed by atoms with van der Waals surface area (Å²) >= 11 is 0. The van der Waals surface area contributed by atoms with Gasteiger partial charge in [0, 0.05) is 23.7 Å². The summed E-state index contributed by atoms with van der Waals surface area (Å²) in [6.45, 7) is 1.49. The molecular weight excluding hydrogens is 290 g/mol. The summed E-state index contributed by atoms with van der Waals surface area (Å²) in [5, 5.41) is 10.2. The van der Waals surface area contributed by atoms with E-state index >= 15 is 0 Å². The molecule has 23 heavy (non-hydrogen) atoms. The van der Waals surface area contributed by atoms with Crippen LogP contribution in [0.5, 0.6) is 5.75 Å². The lowest BCUT2D eigenvalue weighted by Gasteiger charge is -2.05. The molecule has 5 heteroatoms. The minimum Gasteiger partial charge on any atom is -0.496 e. The number of nitrogens with zero attached hydrogens (tertiary/aromatic N) is 1. The third-order valence-corrected chi connectivity index (χ3v) is 3.45. The number of carbonyl (C=O) groups is 1. The normalized spacial score (nSPS) is 10.3. The smallest absolute Gasteiger partial charge is 0.221 e. The highest BCUT2D eigenvalue weighted by Crippen LogP contribution is 2.31. The van der Waals surface area contributed by atoms with Crippen LogP contribution in [0.15, 0.2) is 54.6 Å². The maximum Gasteiger partial charge on any atom is 0.221 e. The third-order valence-electron chi connectivity index (χ3n) is 3.45. The number of rotatable bonds is 4. The molecule has 0 unspecified atom stereocenters. The van der Waals surface area contributed by atoms with E-state index in [1.54, 1.807) is 7.11 Å². The zero-order chi connectivity index (χ0) is 16.2. The minimum absolute atomic E-state index is 0.0983.